The van der Waals surface area contributed by atoms with Crippen molar-refractivity contribution in [2.24, 2.45) is 0 Å². The summed E-state index contributed by atoms with van der Waals surface area (Å²) < 4.78 is 0. The first-order valence-corrected chi connectivity index (χ1v) is 19.8. The highest BCUT2D eigenvalue weighted by atomic mass is 32.2. The van der Waals surface area contributed by atoms with E-state index in [-0.39, 0.29) is 5.41 Å². The summed E-state index contributed by atoms with van der Waals surface area (Å²) in [6.07, 6.45) is 0. The highest BCUT2D eigenvalue weighted by molar-refractivity contribution is 7.99. The van der Waals surface area contributed by atoms with Gasteiger partial charge in [-0.1, -0.05) is 200 Å². The standard InChI is InChI=1S/C52H33N3S/c1-3-13-37(14-4-1)49-50(38-15-5-2-6-16-38)54-55-51(53-49)39-29-27-35(28-30-39)34-23-25-36(26-24-34)40-31-32-46-48(33-40)56-47-22-12-11-21-45(47)52(46)43-19-9-7-17-41(43)42-18-8-10-20-44(42)52/h1-33H. The molecule has 0 unspecified atom stereocenters. The van der Waals surface area contributed by atoms with E-state index in [4.69, 9.17) is 4.98 Å². The predicted molar refractivity (Wildman–Crippen MR) is 228 cm³/mol. The first-order chi connectivity index (χ1) is 27.8. The molecule has 1 aliphatic heterocycles. The van der Waals surface area contributed by atoms with Crippen molar-refractivity contribution in [3.63, 3.8) is 0 Å². The van der Waals surface area contributed by atoms with E-state index in [0.29, 0.717) is 5.82 Å². The van der Waals surface area contributed by atoms with Crippen LogP contribution in [0.1, 0.15) is 22.3 Å². The molecule has 8 aromatic carbocycles. The number of nitrogens with zero attached hydrogens (tertiary/aromatic N) is 3. The summed E-state index contributed by atoms with van der Waals surface area (Å²) in [6.45, 7) is 0. The van der Waals surface area contributed by atoms with E-state index >= 15 is 0 Å². The molecule has 11 rings (SSSR count). The Morgan fingerprint density at radius 2 is 0.786 bits per heavy atom. The summed E-state index contributed by atoms with van der Waals surface area (Å²) in [4.78, 5) is 7.66. The summed E-state index contributed by atoms with van der Waals surface area (Å²) in [5.41, 5.74) is 16.9. The van der Waals surface area contributed by atoms with E-state index in [0.717, 1.165) is 39.2 Å². The fourth-order valence-corrected chi connectivity index (χ4v) is 9.98. The van der Waals surface area contributed by atoms with Crippen molar-refractivity contribution in [2.75, 3.05) is 0 Å². The Morgan fingerprint density at radius 3 is 1.41 bits per heavy atom. The van der Waals surface area contributed by atoms with Crippen molar-refractivity contribution in [1.29, 1.82) is 0 Å². The van der Waals surface area contributed by atoms with Crippen LogP contribution in [0.25, 0.3) is 67.3 Å². The van der Waals surface area contributed by atoms with Gasteiger partial charge in [-0.3, -0.25) is 0 Å². The van der Waals surface area contributed by atoms with Gasteiger partial charge < -0.3 is 0 Å². The monoisotopic (exact) mass is 731 g/mol. The third-order valence-electron chi connectivity index (χ3n) is 11.3. The van der Waals surface area contributed by atoms with E-state index in [1.807, 2.05) is 60.3 Å². The molecule has 1 aromatic heterocycles. The molecule has 0 fully saturated rings. The summed E-state index contributed by atoms with van der Waals surface area (Å²) in [5.74, 6) is 0.602. The van der Waals surface area contributed by atoms with Crippen molar-refractivity contribution < 1.29 is 0 Å². The molecule has 3 nitrogen and oxygen atoms in total. The Morgan fingerprint density at radius 1 is 0.321 bits per heavy atom. The van der Waals surface area contributed by atoms with Crippen LogP contribution in [0.2, 0.25) is 0 Å². The van der Waals surface area contributed by atoms with Gasteiger partial charge >= 0.3 is 0 Å². The van der Waals surface area contributed by atoms with Gasteiger partial charge in [0.2, 0.25) is 0 Å². The topological polar surface area (TPSA) is 38.7 Å². The normalized spacial score (nSPS) is 13.1. The lowest BCUT2D eigenvalue weighted by Gasteiger charge is -2.39. The molecule has 0 saturated carbocycles. The minimum atomic E-state index is -0.354. The molecule has 1 aliphatic carbocycles. The van der Waals surface area contributed by atoms with Crippen molar-refractivity contribution in [1.82, 2.24) is 15.2 Å². The zero-order chi connectivity index (χ0) is 37.1. The maximum Gasteiger partial charge on any atom is 0.182 e. The van der Waals surface area contributed by atoms with Crippen LogP contribution in [0.5, 0.6) is 0 Å². The molecule has 0 saturated heterocycles. The molecule has 262 valence electrons. The average Bonchev–Trinajstić information content (AvgIpc) is 3.57. The lowest BCUT2D eigenvalue weighted by Crippen LogP contribution is -2.31. The fourth-order valence-electron chi connectivity index (χ4n) is 8.74. The SMILES string of the molecule is c1ccc(-c2nnc(-c3ccc(-c4ccc(-c5ccc6c(c5)Sc5ccccc5C65c6ccccc6-c6ccccc65)cc4)cc3)nc2-c2ccccc2)cc1. The predicted octanol–water partition coefficient (Wildman–Crippen LogP) is 13.0. The number of benzene rings is 8. The third-order valence-corrected chi connectivity index (χ3v) is 12.5. The molecule has 2 heterocycles. The van der Waals surface area contributed by atoms with E-state index in [1.165, 1.54) is 54.3 Å². The molecule has 0 amide bonds. The van der Waals surface area contributed by atoms with Crippen LogP contribution in [0.15, 0.2) is 210 Å². The van der Waals surface area contributed by atoms with Gasteiger partial charge in [-0.05, 0) is 67.8 Å². The van der Waals surface area contributed by atoms with Gasteiger partial charge in [-0.2, -0.15) is 0 Å². The number of hydrogen-bond acceptors (Lipinski definition) is 4. The molecule has 1 spiro atoms. The van der Waals surface area contributed by atoms with E-state index in [9.17, 15) is 0 Å². The second-order valence-corrected chi connectivity index (χ2v) is 15.5. The van der Waals surface area contributed by atoms with E-state index in [1.54, 1.807) is 0 Å². The first kappa shape index (κ1) is 32.5. The fraction of sp³-hybridized carbons (Fsp3) is 0.0192. The van der Waals surface area contributed by atoms with Crippen LogP contribution in [-0.4, -0.2) is 15.2 Å². The van der Waals surface area contributed by atoms with Gasteiger partial charge in [0.1, 0.15) is 11.4 Å². The lowest BCUT2D eigenvalue weighted by molar-refractivity contribution is 0.722. The van der Waals surface area contributed by atoms with Gasteiger partial charge in [-0.25, -0.2) is 4.98 Å². The molecule has 0 bridgehead atoms. The molecule has 0 atom stereocenters. The summed E-state index contributed by atoms with van der Waals surface area (Å²) in [7, 11) is 0. The number of fused-ring (bicyclic) bond motifs is 9. The largest absolute Gasteiger partial charge is 0.224 e. The van der Waals surface area contributed by atoms with Crippen molar-refractivity contribution in [2.45, 2.75) is 15.2 Å². The first-order valence-electron chi connectivity index (χ1n) is 18.9. The third kappa shape index (κ3) is 5.10. The zero-order valence-corrected chi connectivity index (χ0v) is 31.1. The Kier molecular flexibility index (Phi) is 7.64. The molecule has 0 N–H and O–H groups in total. The highest BCUT2D eigenvalue weighted by Gasteiger charge is 2.50. The quantitative estimate of drug-likeness (QED) is 0.177. The Labute approximate surface area is 330 Å². The molecule has 9 aromatic rings. The van der Waals surface area contributed by atoms with Crippen LogP contribution >= 0.6 is 11.8 Å². The van der Waals surface area contributed by atoms with Crippen molar-refractivity contribution >= 4 is 11.8 Å². The van der Waals surface area contributed by atoms with Crippen LogP contribution < -0.4 is 0 Å². The van der Waals surface area contributed by atoms with Gasteiger partial charge in [0.05, 0.1) is 5.41 Å². The van der Waals surface area contributed by atoms with Crippen LogP contribution in [0.4, 0.5) is 0 Å². The molecule has 2 aliphatic rings. The molecule has 0 radical (unpaired) electrons. The van der Waals surface area contributed by atoms with E-state index < -0.39 is 0 Å². The Bertz CT molecular complexity index is 2880. The summed E-state index contributed by atoms with van der Waals surface area (Å²) >= 11 is 1.89. The molecule has 56 heavy (non-hydrogen) atoms. The second-order valence-electron chi connectivity index (χ2n) is 14.4. The lowest BCUT2D eigenvalue weighted by atomic mass is 9.67. The number of hydrogen-bond donors (Lipinski definition) is 0. The molecular formula is C52H33N3S. The zero-order valence-electron chi connectivity index (χ0n) is 30.3. The Hall–Kier alpha value is -6.88. The average molecular weight is 732 g/mol. The maximum absolute atomic E-state index is 5.05. The summed E-state index contributed by atoms with van der Waals surface area (Å²) in [6, 6.07) is 71.7. The van der Waals surface area contributed by atoms with Crippen molar-refractivity contribution in [3.05, 3.63) is 222 Å². The van der Waals surface area contributed by atoms with Crippen LogP contribution in [-0.2, 0) is 5.41 Å². The van der Waals surface area contributed by atoms with Crippen LogP contribution in [0, 0.1) is 0 Å². The van der Waals surface area contributed by atoms with Gasteiger partial charge in [-0.15, -0.1) is 10.2 Å². The van der Waals surface area contributed by atoms with Gasteiger partial charge in [0.25, 0.3) is 0 Å². The highest BCUT2D eigenvalue weighted by Crippen LogP contribution is 2.62. The smallest absolute Gasteiger partial charge is 0.182 e. The minimum absolute atomic E-state index is 0.354. The minimum Gasteiger partial charge on any atom is -0.224 e. The molecule has 4 heteroatoms. The van der Waals surface area contributed by atoms with Crippen molar-refractivity contribution in [3.8, 4) is 67.3 Å². The van der Waals surface area contributed by atoms with Crippen LogP contribution in [0.3, 0.4) is 0 Å². The number of aromatic nitrogens is 3. The number of rotatable bonds is 5. The maximum atomic E-state index is 5.05. The summed E-state index contributed by atoms with van der Waals surface area (Å²) in [5, 5.41) is 9.27. The second kappa shape index (κ2) is 13.2. The van der Waals surface area contributed by atoms with Gasteiger partial charge in [0, 0.05) is 26.5 Å². The Balaban J connectivity index is 0.919. The van der Waals surface area contributed by atoms with E-state index in [2.05, 4.69) is 162 Å². The van der Waals surface area contributed by atoms with Gasteiger partial charge in [0.15, 0.2) is 5.82 Å². The molecular weight excluding hydrogens is 699 g/mol.